The second-order valence-electron chi connectivity index (χ2n) is 5.38. The molecule has 2 rings (SSSR count). The summed E-state index contributed by atoms with van der Waals surface area (Å²) in [6.45, 7) is 5.06. The molecule has 0 saturated carbocycles. The van der Waals surface area contributed by atoms with Gasteiger partial charge >= 0.3 is 0 Å². The molecule has 2 heterocycles. The third kappa shape index (κ3) is 5.50. The van der Waals surface area contributed by atoms with E-state index >= 15 is 0 Å². The van der Waals surface area contributed by atoms with Crippen molar-refractivity contribution >= 4 is 29.7 Å². The molecule has 0 aromatic carbocycles. The van der Waals surface area contributed by atoms with Crippen LogP contribution in [0.25, 0.3) is 0 Å². The SMILES string of the molecule is CCCOC1CCCN(C(=O)c2csc(CCN)n2)CC1.Cl. The average molecular weight is 348 g/mol. The lowest BCUT2D eigenvalue weighted by Gasteiger charge is -2.19. The van der Waals surface area contributed by atoms with Gasteiger partial charge in [0.15, 0.2) is 0 Å². The number of ether oxygens (including phenoxy) is 1. The van der Waals surface area contributed by atoms with Gasteiger partial charge in [-0.15, -0.1) is 23.7 Å². The summed E-state index contributed by atoms with van der Waals surface area (Å²) in [5.41, 5.74) is 6.09. The van der Waals surface area contributed by atoms with Crippen molar-refractivity contribution < 1.29 is 9.53 Å². The first-order valence-electron chi connectivity index (χ1n) is 7.80. The van der Waals surface area contributed by atoms with Crippen LogP contribution in [0.3, 0.4) is 0 Å². The van der Waals surface area contributed by atoms with E-state index in [1.807, 2.05) is 10.3 Å². The molecule has 7 heteroatoms. The maximum Gasteiger partial charge on any atom is 0.273 e. The number of nitrogens with two attached hydrogens (primary N) is 1. The molecule has 1 aliphatic heterocycles. The number of carbonyl (C=O) groups is 1. The third-order valence-electron chi connectivity index (χ3n) is 3.65. The Labute approximate surface area is 142 Å². The predicted octanol–water partition coefficient (Wildman–Crippen LogP) is 2.49. The lowest BCUT2D eigenvalue weighted by Crippen LogP contribution is -2.32. The van der Waals surface area contributed by atoms with Crippen LogP contribution in [0.4, 0.5) is 0 Å². The monoisotopic (exact) mass is 347 g/mol. The molecular formula is C15H26ClN3O2S. The molecule has 5 nitrogen and oxygen atoms in total. The van der Waals surface area contributed by atoms with Crippen LogP contribution in [-0.4, -0.2) is 48.1 Å². The van der Waals surface area contributed by atoms with Crippen molar-refractivity contribution in [3.05, 3.63) is 16.1 Å². The standard InChI is InChI=1S/C15H25N3O2S.ClH/c1-2-10-20-12-4-3-8-18(9-6-12)15(19)13-11-21-14(17-13)5-7-16;/h11-12H,2-10,16H2,1H3;1H. The van der Waals surface area contributed by atoms with Gasteiger partial charge in [0.2, 0.25) is 0 Å². The van der Waals surface area contributed by atoms with E-state index in [0.29, 0.717) is 18.3 Å². The van der Waals surface area contributed by atoms with E-state index in [2.05, 4.69) is 11.9 Å². The number of hydrogen-bond donors (Lipinski definition) is 1. The van der Waals surface area contributed by atoms with Gasteiger partial charge in [0, 0.05) is 31.5 Å². The number of hydrogen-bond acceptors (Lipinski definition) is 5. The maximum absolute atomic E-state index is 12.5. The van der Waals surface area contributed by atoms with Crippen LogP contribution >= 0.6 is 23.7 Å². The zero-order valence-electron chi connectivity index (χ0n) is 13.1. The van der Waals surface area contributed by atoms with Gasteiger partial charge in [-0.25, -0.2) is 4.98 Å². The lowest BCUT2D eigenvalue weighted by molar-refractivity contribution is 0.0432. The van der Waals surface area contributed by atoms with Crippen LogP contribution < -0.4 is 5.73 Å². The van der Waals surface area contributed by atoms with E-state index in [1.54, 1.807) is 0 Å². The van der Waals surface area contributed by atoms with Crippen molar-refractivity contribution in [2.24, 2.45) is 5.73 Å². The summed E-state index contributed by atoms with van der Waals surface area (Å²) in [6, 6.07) is 0. The minimum Gasteiger partial charge on any atom is -0.378 e. The highest BCUT2D eigenvalue weighted by atomic mass is 35.5. The highest BCUT2D eigenvalue weighted by molar-refractivity contribution is 7.09. The Bertz CT molecular complexity index is 456. The van der Waals surface area contributed by atoms with Gasteiger partial charge in [-0.1, -0.05) is 6.92 Å². The van der Waals surface area contributed by atoms with Crippen LogP contribution in [-0.2, 0) is 11.2 Å². The molecule has 22 heavy (non-hydrogen) atoms. The maximum atomic E-state index is 12.5. The van der Waals surface area contributed by atoms with Crippen molar-refractivity contribution in [2.45, 2.75) is 45.1 Å². The molecule has 0 bridgehead atoms. The summed E-state index contributed by atoms with van der Waals surface area (Å²) in [4.78, 5) is 18.8. The molecule has 1 aliphatic rings. The largest absolute Gasteiger partial charge is 0.378 e. The van der Waals surface area contributed by atoms with E-state index in [9.17, 15) is 4.79 Å². The fourth-order valence-corrected chi connectivity index (χ4v) is 3.32. The Balaban J connectivity index is 0.00000242. The minimum atomic E-state index is 0. The summed E-state index contributed by atoms with van der Waals surface area (Å²) in [7, 11) is 0. The molecule has 1 fully saturated rings. The number of likely N-dealkylation sites (tertiary alicyclic amines) is 1. The van der Waals surface area contributed by atoms with Gasteiger partial charge in [0.25, 0.3) is 5.91 Å². The first kappa shape index (κ1) is 19.4. The zero-order valence-corrected chi connectivity index (χ0v) is 14.8. The Morgan fingerprint density at radius 1 is 1.50 bits per heavy atom. The van der Waals surface area contributed by atoms with Gasteiger partial charge in [0.05, 0.1) is 11.1 Å². The Morgan fingerprint density at radius 2 is 2.32 bits per heavy atom. The zero-order chi connectivity index (χ0) is 15.1. The topological polar surface area (TPSA) is 68.5 Å². The molecule has 1 amide bonds. The van der Waals surface area contributed by atoms with Gasteiger partial charge in [-0.05, 0) is 32.2 Å². The van der Waals surface area contributed by atoms with Crippen molar-refractivity contribution in [1.82, 2.24) is 9.88 Å². The van der Waals surface area contributed by atoms with E-state index in [4.69, 9.17) is 10.5 Å². The van der Waals surface area contributed by atoms with E-state index in [-0.39, 0.29) is 18.3 Å². The van der Waals surface area contributed by atoms with E-state index in [0.717, 1.165) is 56.8 Å². The van der Waals surface area contributed by atoms with Crippen molar-refractivity contribution in [3.8, 4) is 0 Å². The minimum absolute atomic E-state index is 0. The van der Waals surface area contributed by atoms with Crippen LogP contribution in [0.1, 0.15) is 48.1 Å². The molecule has 1 aromatic heterocycles. The molecule has 0 radical (unpaired) electrons. The molecule has 1 saturated heterocycles. The molecule has 0 spiro atoms. The number of thiazole rings is 1. The van der Waals surface area contributed by atoms with Crippen LogP contribution in [0, 0.1) is 0 Å². The second-order valence-corrected chi connectivity index (χ2v) is 6.32. The Kier molecular flexibility index (Phi) is 8.93. The molecule has 1 atom stereocenters. The molecule has 126 valence electrons. The Morgan fingerprint density at radius 3 is 3.05 bits per heavy atom. The number of halogens is 1. The molecule has 2 N–H and O–H groups in total. The van der Waals surface area contributed by atoms with Crippen LogP contribution in [0.2, 0.25) is 0 Å². The fraction of sp³-hybridized carbons (Fsp3) is 0.733. The van der Waals surface area contributed by atoms with Gasteiger partial charge in [-0.3, -0.25) is 4.79 Å². The quantitative estimate of drug-likeness (QED) is 0.858. The molecule has 1 aromatic rings. The first-order valence-corrected chi connectivity index (χ1v) is 8.68. The number of nitrogens with zero attached hydrogens (tertiary/aromatic N) is 2. The molecule has 1 unspecified atom stereocenters. The molecular weight excluding hydrogens is 322 g/mol. The summed E-state index contributed by atoms with van der Waals surface area (Å²) < 4.78 is 5.82. The summed E-state index contributed by atoms with van der Waals surface area (Å²) in [5.74, 6) is 0.0469. The highest BCUT2D eigenvalue weighted by Crippen LogP contribution is 2.18. The van der Waals surface area contributed by atoms with Crippen LogP contribution in [0.5, 0.6) is 0 Å². The van der Waals surface area contributed by atoms with Gasteiger partial charge in [-0.2, -0.15) is 0 Å². The first-order chi connectivity index (χ1) is 10.2. The average Bonchev–Trinajstić information content (AvgIpc) is 2.82. The number of carbonyl (C=O) groups excluding carboxylic acids is 1. The number of amides is 1. The summed E-state index contributed by atoms with van der Waals surface area (Å²) >= 11 is 1.52. The normalized spacial score (nSPS) is 18.6. The van der Waals surface area contributed by atoms with E-state index < -0.39 is 0 Å². The van der Waals surface area contributed by atoms with Crippen molar-refractivity contribution in [2.75, 3.05) is 26.2 Å². The van der Waals surface area contributed by atoms with Crippen LogP contribution in [0.15, 0.2) is 5.38 Å². The van der Waals surface area contributed by atoms with Crippen molar-refractivity contribution in [3.63, 3.8) is 0 Å². The number of rotatable bonds is 6. The van der Waals surface area contributed by atoms with Gasteiger partial charge < -0.3 is 15.4 Å². The Hall–Kier alpha value is -0.690. The van der Waals surface area contributed by atoms with Crippen molar-refractivity contribution in [1.29, 1.82) is 0 Å². The predicted molar refractivity (Wildman–Crippen MR) is 91.9 cm³/mol. The molecule has 0 aliphatic carbocycles. The summed E-state index contributed by atoms with van der Waals surface area (Å²) in [6.07, 6.45) is 5.04. The number of aromatic nitrogens is 1. The smallest absolute Gasteiger partial charge is 0.273 e. The third-order valence-corrected chi connectivity index (χ3v) is 4.56. The second kappa shape index (κ2) is 10.2. The van der Waals surface area contributed by atoms with E-state index in [1.165, 1.54) is 11.3 Å². The highest BCUT2D eigenvalue weighted by Gasteiger charge is 2.23. The fourth-order valence-electron chi connectivity index (χ4n) is 2.53. The summed E-state index contributed by atoms with van der Waals surface area (Å²) in [5, 5.41) is 2.79. The lowest BCUT2D eigenvalue weighted by atomic mass is 10.2. The van der Waals surface area contributed by atoms with Gasteiger partial charge in [0.1, 0.15) is 5.69 Å².